The second-order valence-electron chi connectivity index (χ2n) is 10.6. The lowest BCUT2D eigenvalue weighted by Gasteiger charge is -2.40. The van der Waals surface area contributed by atoms with Crippen LogP contribution in [0, 0.1) is 17.3 Å². The Labute approximate surface area is 185 Å². The summed E-state index contributed by atoms with van der Waals surface area (Å²) in [5.74, 6) is 1.50. The summed E-state index contributed by atoms with van der Waals surface area (Å²) in [6.07, 6.45) is 32.2. The van der Waals surface area contributed by atoms with Gasteiger partial charge in [-0.05, 0) is 108 Å². The van der Waals surface area contributed by atoms with Crippen LogP contribution in [0.25, 0.3) is 0 Å². The van der Waals surface area contributed by atoms with Gasteiger partial charge in [-0.1, -0.05) is 54.0 Å². The molecular formula is C29H44O. The van der Waals surface area contributed by atoms with Crippen molar-refractivity contribution >= 4 is 0 Å². The van der Waals surface area contributed by atoms with Gasteiger partial charge in [-0.25, -0.2) is 0 Å². The van der Waals surface area contributed by atoms with Crippen molar-refractivity contribution in [1.29, 1.82) is 0 Å². The SMILES string of the molecule is CC(CC1=CCC(COCC2CC=CCC2)CC1)(C1=CCCCC1)C1=CCCCC1. The van der Waals surface area contributed by atoms with Crippen molar-refractivity contribution < 1.29 is 4.74 Å². The molecular weight excluding hydrogens is 364 g/mol. The van der Waals surface area contributed by atoms with Crippen LogP contribution in [0.15, 0.2) is 47.1 Å². The zero-order chi connectivity index (χ0) is 20.7. The van der Waals surface area contributed by atoms with Gasteiger partial charge in [-0.15, -0.1) is 0 Å². The lowest BCUT2D eigenvalue weighted by atomic mass is 9.65. The van der Waals surface area contributed by atoms with Gasteiger partial charge in [0.1, 0.15) is 0 Å². The third-order valence-electron chi connectivity index (χ3n) is 8.28. The first kappa shape index (κ1) is 22.1. The summed E-state index contributed by atoms with van der Waals surface area (Å²) in [5.41, 5.74) is 5.54. The highest BCUT2D eigenvalue weighted by molar-refractivity contribution is 5.33. The third kappa shape index (κ3) is 5.78. The molecule has 0 fully saturated rings. The highest BCUT2D eigenvalue weighted by atomic mass is 16.5. The summed E-state index contributed by atoms with van der Waals surface area (Å²) in [7, 11) is 0. The first-order valence-electron chi connectivity index (χ1n) is 13.0. The lowest BCUT2D eigenvalue weighted by molar-refractivity contribution is 0.0655. The predicted molar refractivity (Wildman–Crippen MR) is 129 cm³/mol. The van der Waals surface area contributed by atoms with Crippen molar-refractivity contribution in [2.45, 2.75) is 103 Å². The summed E-state index contributed by atoms with van der Waals surface area (Å²) in [6.45, 7) is 4.52. The number of rotatable bonds is 8. The molecule has 1 heteroatoms. The third-order valence-corrected chi connectivity index (χ3v) is 8.28. The van der Waals surface area contributed by atoms with Crippen molar-refractivity contribution in [1.82, 2.24) is 0 Å². The van der Waals surface area contributed by atoms with E-state index in [4.69, 9.17) is 4.74 Å². The molecule has 1 nitrogen and oxygen atoms in total. The highest BCUT2D eigenvalue weighted by Gasteiger charge is 2.35. The molecule has 0 spiro atoms. The molecule has 2 atom stereocenters. The molecule has 0 saturated heterocycles. The molecule has 30 heavy (non-hydrogen) atoms. The van der Waals surface area contributed by atoms with E-state index in [-0.39, 0.29) is 0 Å². The minimum absolute atomic E-state index is 0.296. The fraction of sp³-hybridized carbons (Fsp3) is 0.724. The van der Waals surface area contributed by atoms with Gasteiger partial charge in [0.15, 0.2) is 0 Å². The highest BCUT2D eigenvalue weighted by Crippen LogP contribution is 2.49. The van der Waals surface area contributed by atoms with Crippen LogP contribution in [-0.2, 0) is 4.74 Å². The van der Waals surface area contributed by atoms with E-state index in [0.29, 0.717) is 5.41 Å². The zero-order valence-electron chi connectivity index (χ0n) is 19.5. The summed E-state index contributed by atoms with van der Waals surface area (Å²) in [5, 5.41) is 0. The minimum atomic E-state index is 0.296. The van der Waals surface area contributed by atoms with Crippen molar-refractivity contribution in [3.05, 3.63) is 47.1 Å². The van der Waals surface area contributed by atoms with E-state index in [1.54, 1.807) is 16.7 Å². The van der Waals surface area contributed by atoms with E-state index < -0.39 is 0 Å². The molecule has 0 bridgehead atoms. The summed E-state index contributed by atoms with van der Waals surface area (Å²) in [4.78, 5) is 0. The second-order valence-corrected chi connectivity index (χ2v) is 10.6. The van der Waals surface area contributed by atoms with Gasteiger partial charge in [0.2, 0.25) is 0 Å². The average Bonchev–Trinajstić information content (AvgIpc) is 2.82. The van der Waals surface area contributed by atoms with Gasteiger partial charge in [-0.2, -0.15) is 0 Å². The summed E-state index contributed by atoms with van der Waals surface area (Å²) < 4.78 is 6.16. The van der Waals surface area contributed by atoms with E-state index in [0.717, 1.165) is 25.0 Å². The van der Waals surface area contributed by atoms with Gasteiger partial charge in [-0.3, -0.25) is 0 Å². The number of hydrogen-bond acceptors (Lipinski definition) is 1. The van der Waals surface area contributed by atoms with E-state index in [2.05, 4.69) is 37.3 Å². The van der Waals surface area contributed by atoms with Gasteiger partial charge in [0.25, 0.3) is 0 Å². The molecule has 0 aliphatic heterocycles. The Morgan fingerprint density at radius 2 is 1.47 bits per heavy atom. The van der Waals surface area contributed by atoms with Gasteiger partial charge >= 0.3 is 0 Å². The van der Waals surface area contributed by atoms with Crippen molar-refractivity contribution in [3.8, 4) is 0 Å². The van der Waals surface area contributed by atoms with Crippen molar-refractivity contribution in [2.24, 2.45) is 17.3 Å². The fourth-order valence-corrected chi connectivity index (χ4v) is 6.23. The normalized spacial score (nSPS) is 28.0. The van der Waals surface area contributed by atoms with Crippen LogP contribution in [0.4, 0.5) is 0 Å². The minimum Gasteiger partial charge on any atom is -0.381 e. The van der Waals surface area contributed by atoms with Gasteiger partial charge in [0, 0.05) is 18.6 Å². The van der Waals surface area contributed by atoms with Crippen LogP contribution in [0.5, 0.6) is 0 Å². The van der Waals surface area contributed by atoms with Gasteiger partial charge in [0.05, 0.1) is 0 Å². The zero-order valence-corrected chi connectivity index (χ0v) is 19.5. The van der Waals surface area contributed by atoms with Crippen molar-refractivity contribution in [3.63, 3.8) is 0 Å². The maximum Gasteiger partial charge on any atom is 0.0497 e. The Kier molecular flexibility index (Phi) is 8.10. The maximum absolute atomic E-state index is 6.16. The lowest BCUT2D eigenvalue weighted by Crippen LogP contribution is -2.26. The quantitative estimate of drug-likeness (QED) is 0.366. The largest absolute Gasteiger partial charge is 0.381 e. The number of allylic oxidation sites excluding steroid dienone is 8. The smallest absolute Gasteiger partial charge is 0.0497 e. The summed E-state index contributed by atoms with van der Waals surface area (Å²) in [6, 6.07) is 0. The van der Waals surface area contributed by atoms with E-state index in [1.165, 1.54) is 96.3 Å². The predicted octanol–water partition coefficient (Wildman–Crippen LogP) is 8.48. The maximum atomic E-state index is 6.16. The first-order chi connectivity index (χ1) is 14.7. The van der Waals surface area contributed by atoms with Crippen LogP contribution in [0.1, 0.15) is 103 Å². The van der Waals surface area contributed by atoms with Gasteiger partial charge < -0.3 is 4.74 Å². The first-order valence-corrected chi connectivity index (χ1v) is 13.0. The molecule has 4 aliphatic carbocycles. The molecule has 2 unspecified atom stereocenters. The standard InChI is InChI=1S/C29H44O/c1-29(27-13-7-3-8-14-27,28-15-9-4-10-16-28)21-24-17-19-26(20-18-24)23-30-22-25-11-5-2-6-12-25/h2,5,13,15,17,25-26H,3-4,6-12,14,16,18-23H2,1H3. The van der Waals surface area contributed by atoms with Crippen molar-refractivity contribution in [2.75, 3.05) is 13.2 Å². The molecule has 0 aromatic rings. The monoisotopic (exact) mass is 408 g/mol. The molecule has 0 amide bonds. The average molecular weight is 409 g/mol. The van der Waals surface area contributed by atoms with Crippen LogP contribution in [0.2, 0.25) is 0 Å². The Morgan fingerprint density at radius 3 is 2.00 bits per heavy atom. The molecule has 0 aromatic heterocycles. The van der Waals surface area contributed by atoms with Crippen LogP contribution in [-0.4, -0.2) is 13.2 Å². The molecule has 0 heterocycles. The fourth-order valence-electron chi connectivity index (χ4n) is 6.23. The van der Waals surface area contributed by atoms with E-state index in [9.17, 15) is 0 Å². The van der Waals surface area contributed by atoms with E-state index in [1.807, 2.05) is 0 Å². The molecule has 0 N–H and O–H groups in total. The molecule has 0 saturated carbocycles. The molecule has 4 rings (SSSR count). The number of hydrogen-bond donors (Lipinski definition) is 0. The van der Waals surface area contributed by atoms with Crippen LogP contribution < -0.4 is 0 Å². The Balaban J connectivity index is 1.33. The summed E-state index contributed by atoms with van der Waals surface area (Å²) >= 11 is 0. The van der Waals surface area contributed by atoms with E-state index >= 15 is 0 Å². The Hall–Kier alpha value is -1.08. The molecule has 0 aromatic carbocycles. The topological polar surface area (TPSA) is 9.23 Å². The second kappa shape index (κ2) is 11.0. The molecule has 4 aliphatic rings. The Bertz CT molecular complexity index is 650. The molecule has 166 valence electrons. The molecule has 0 radical (unpaired) electrons. The Morgan fingerprint density at radius 1 is 0.767 bits per heavy atom. The van der Waals surface area contributed by atoms with Crippen LogP contribution in [0.3, 0.4) is 0 Å². The van der Waals surface area contributed by atoms with Crippen LogP contribution >= 0.6 is 0 Å². The number of ether oxygens (including phenoxy) is 1.